The normalized spacial score (nSPS) is 11.6. The SMILES string of the molecule is NCCc1cn(CCCC(=O)O)c2ccc(-c3cccc4oc5ccccc5c34)cc12. The molecule has 0 fully saturated rings. The minimum atomic E-state index is -0.763. The van der Waals surface area contributed by atoms with Crippen molar-refractivity contribution < 1.29 is 14.3 Å². The number of furan rings is 1. The molecule has 0 aliphatic rings. The predicted octanol–water partition coefficient (Wildman–Crippen LogP) is 5.57. The number of para-hydroxylation sites is 1. The van der Waals surface area contributed by atoms with Crippen LogP contribution in [-0.4, -0.2) is 22.2 Å². The van der Waals surface area contributed by atoms with Crippen LogP contribution < -0.4 is 5.73 Å². The molecule has 3 N–H and O–H groups in total. The Morgan fingerprint density at radius 2 is 1.84 bits per heavy atom. The van der Waals surface area contributed by atoms with Gasteiger partial charge in [0.1, 0.15) is 11.2 Å². The molecule has 156 valence electrons. The first-order chi connectivity index (χ1) is 15.2. The predicted molar refractivity (Wildman–Crippen MR) is 124 cm³/mol. The fourth-order valence-corrected chi connectivity index (χ4v) is 4.49. The first-order valence-corrected chi connectivity index (χ1v) is 10.6. The molecule has 3 aromatic carbocycles. The Bertz CT molecular complexity index is 1410. The van der Waals surface area contributed by atoms with E-state index in [0.29, 0.717) is 19.5 Å². The summed E-state index contributed by atoms with van der Waals surface area (Å²) >= 11 is 0. The Hall–Kier alpha value is -3.57. The van der Waals surface area contributed by atoms with Gasteiger partial charge in [0.25, 0.3) is 0 Å². The van der Waals surface area contributed by atoms with Crippen LogP contribution in [0.4, 0.5) is 0 Å². The molecule has 2 aromatic heterocycles. The monoisotopic (exact) mass is 412 g/mol. The Morgan fingerprint density at radius 3 is 2.68 bits per heavy atom. The lowest BCUT2D eigenvalue weighted by atomic mass is 9.97. The number of fused-ring (bicyclic) bond motifs is 4. The maximum Gasteiger partial charge on any atom is 0.303 e. The van der Waals surface area contributed by atoms with E-state index in [1.54, 1.807) is 0 Å². The molecule has 2 heterocycles. The van der Waals surface area contributed by atoms with Crippen molar-refractivity contribution >= 4 is 38.8 Å². The smallest absolute Gasteiger partial charge is 0.303 e. The fourth-order valence-electron chi connectivity index (χ4n) is 4.49. The first kappa shape index (κ1) is 19.4. The molecule has 0 radical (unpaired) electrons. The standard InChI is InChI=1S/C26H24N2O3/c27-13-12-18-16-28(14-4-9-25(29)30)22-11-10-17(15-21(18)22)19-6-3-8-24-26(19)20-5-1-2-7-23(20)31-24/h1-3,5-8,10-11,15-16H,4,9,12-14,27H2,(H,29,30). The topological polar surface area (TPSA) is 81.4 Å². The molecule has 5 aromatic rings. The molecule has 0 saturated heterocycles. The quantitative estimate of drug-likeness (QED) is 0.366. The van der Waals surface area contributed by atoms with Crippen molar-refractivity contribution in [3.8, 4) is 11.1 Å². The summed E-state index contributed by atoms with van der Waals surface area (Å²) in [5.74, 6) is -0.763. The molecule has 0 aliphatic heterocycles. The van der Waals surface area contributed by atoms with Crippen LogP contribution in [0.15, 0.2) is 71.3 Å². The van der Waals surface area contributed by atoms with Gasteiger partial charge in [0.15, 0.2) is 0 Å². The summed E-state index contributed by atoms with van der Waals surface area (Å²) in [4.78, 5) is 10.9. The molecule has 0 amide bonds. The van der Waals surface area contributed by atoms with Crippen molar-refractivity contribution in [2.24, 2.45) is 5.73 Å². The zero-order valence-corrected chi connectivity index (χ0v) is 17.2. The van der Waals surface area contributed by atoms with Crippen LogP contribution in [0.25, 0.3) is 44.0 Å². The van der Waals surface area contributed by atoms with Crippen molar-refractivity contribution in [1.29, 1.82) is 0 Å². The van der Waals surface area contributed by atoms with Crippen molar-refractivity contribution in [2.45, 2.75) is 25.8 Å². The van der Waals surface area contributed by atoms with Crippen molar-refractivity contribution in [3.05, 3.63) is 72.4 Å². The molecule has 5 heteroatoms. The van der Waals surface area contributed by atoms with Gasteiger partial charge in [-0.1, -0.05) is 36.4 Å². The summed E-state index contributed by atoms with van der Waals surface area (Å²) in [6, 6.07) is 20.8. The number of hydrogen-bond donors (Lipinski definition) is 2. The number of nitrogens with two attached hydrogens (primary N) is 1. The average molecular weight is 412 g/mol. The van der Waals surface area contributed by atoms with Gasteiger partial charge in [0.05, 0.1) is 0 Å². The Labute approximate surface area is 179 Å². The molecule has 0 unspecified atom stereocenters. The molecule has 5 rings (SSSR count). The molecule has 0 bridgehead atoms. The van der Waals surface area contributed by atoms with Crippen LogP contribution in [0.3, 0.4) is 0 Å². The summed E-state index contributed by atoms with van der Waals surface area (Å²) in [6.45, 7) is 1.25. The molecular formula is C26H24N2O3. The van der Waals surface area contributed by atoms with E-state index in [9.17, 15) is 4.79 Å². The van der Waals surface area contributed by atoms with E-state index >= 15 is 0 Å². The molecule has 0 saturated carbocycles. The third kappa shape index (κ3) is 3.47. The average Bonchev–Trinajstić information content (AvgIpc) is 3.32. The van der Waals surface area contributed by atoms with E-state index in [1.807, 2.05) is 30.3 Å². The van der Waals surface area contributed by atoms with Gasteiger partial charge in [-0.25, -0.2) is 0 Å². The highest BCUT2D eigenvalue weighted by molar-refractivity contribution is 6.12. The molecule has 31 heavy (non-hydrogen) atoms. The van der Waals surface area contributed by atoms with Crippen molar-refractivity contribution in [2.75, 3.05) is 6.54 Å². The largest absolute Gasteiger partial charge is 0.481 e. The molecule has 5 nitrogen and oxygen atoms in total. The van der Waals surface area contributed by atoms with Gasteiger partial charge in [0.2, 0.25) is 0 Å². The third-order valence-electron chi connectivity index (χ3n) is 5.88. The number of aromatic nitrogens is 1. The Balaban J connectivity index is 1.65. The van der Waals surface area contributed by atoms with Gasteiger partial charge in [-0.2, -0.15) is 0 Å². The molecule has 0 aliphatic carbocycles. The lowest BCUT2D eigenvalue weighted by Gasteiger charge is -2.07. The van der Waals surface area contributed by atoms with Gasteiger partial charge in [-0.05, 0) is 60.3 Å². The van der Waals surface area contributed by atoms with Gasteiger partial charge in [-0.15, -0.1) is 0 Å². The highest BCUT2D eigenvalue weighted by Gasteiger charge is 2.14. The van der Waals surface area contributed by atoms with Crippen LogP contribution >= 0.6 is 0 Å². The van der Waals surface area contributed by atoms with E-state index in [4.69, 9.17) is 15.3 Å². The van der Waals surface area contributed by atoms with Gasteiger partial charge in [0, 0.05) is 40.8 Å². The second-order valence-electron chi connectivity index (χ2n) is 7.89. The number of nitrogens with zero attached hydrogens (tertiary/aromatic N) is 1. The third-order valence-corrected chi connectivity index (χ3v) is 5.88. The van der Waals surface area contributed by atoms with E-state index in [0.717, 1.165) is 45.0 Å². The molecular weight excluding hydrogens is 388 g/mol. The van der Waals surface area contributed by atoms with Crippen LogP contribution in [0.2, 0.25) is 0 Å². The van der Waals surface area contributed by atoms with E-state index in [-0.39, 0.29) is 6.42 Å². The lowest BCUT2D eigenvalue weighted by Crippen LogP contribution is -2.02. The number of carboxylic acid groups (broad SMARTS) is 1. The number of carbonyl (C=O) groups is 1. The molecule has 0 atom stereocenters. The second-order valence-corrected chi connectivity index (χ2v) is 7.89. The zero-order chi connectivity index (χ0) is 21.4. The van der Waals surface area contributed by atoms with E-state index in [1.165, 1.54) is 10.9 Å². The number of carboxylic acids is 1. The maximum absolute atomic E-state index is 10.9. The summed E-state index contributed by atoms with van der Waals surface area (Å²) in [5, 5.41) is 12.4. The summed E-state index contributed by atoms with van der Waals surface area (Å²) in [7, 11) is 0. The maximum atomic E-state index is 10.9. The Kier molecular flexibility index (Phi) is 4.96. The summed E-state index contributed by atoms with van der Waals surface area (Å²) < 4.78 is 8.22. The van der Waals surface area contributed by atoms with Gasteiger partial charge < -0.3 is 19.8 Å². The highest BCUT2D eigenvalue weighted by Crippen LogP contribution is 2.38. The van der Waals surface area contributed by atoms with Crippen LogP contribution in [0.5, 0.6) is 0 Å². The number of aliphatic carboxylic acids is 1. The minimum Gasteiger partial charge on any atom is -0.481 e. The minimum absolute atomic E-state index is 0.166. The number of aryl methyl sites for hydroxylation is 1. The second kappa shape index (κ2) is 7.93. The number of hydrogen-bond acceptors (Lipinski definition) is 3. The van der Waals surface area contributed by atoms with Crippen LogP contribution in [0, 0.1) is 0 Å². The van der Waals surface area contributed by atoms with Crippen molar-refractivity contribution in [1.82, 2.24) is 4.57 Å². The zero-order valence-electron chi connectivity index (χ0n) is 17.2. The van der Waals surface area contributed by atoms with E-state index < -0.39 is 5.97 Å². The fraction of sp³-hybridized carbons (Fsp3) is 0.192. The van der Waals surface area contributed by atoms with Crippen LogP contribution in [0.1, 0.15) is 18.4 Å². The van der Waals surface area contributed by atoms with Crippen molar-refractivity contribution in [3.63, 3.8) is 0 Å². The Morgan fingerprint density at radius 1 is 1.00 bits per heavy atom. The van der Waals surface area contributed by atoms with Gasteiger partial charge >= 0.3 is 5.97 Å². The summed E-state index contributed by atoms with van der Waals surface area (Å²) in [6.07, 6.45) is 3.67. The van der Waals surface area contributed by atoms with Gasteiger partial charge in [-0.3, -0.25) is 4.79 Å². The van der Waals surface area contributed by atoms with Crippen LogP contribution in [-0.2, 0) is 17.8 Å². The van der Waals surface area contributed by atoms with E-state index in [2.05, 4.69) is 41.1 Å². The highest BCUT2D eigenvalue weighted by atomic mass is 16.4. The lowest BCUT2D eigenvalue weighted by molar-refractivity contribution is -0.137. The number of rotatable bonds is 7. The first-order valence-electron chi connectivity index (χ1n) is 10.6. The summed E-state index contributed by atoms with van der Waals surface area (Å²) in [5.41, 5.74) is 12.2. The molecule has 0 spiro atoms. The number of benzene rings is 3.